The molecule has 1 rings (SSSR count). The average molecular weight is 242 g/mol. The Hall–Kier alpha value is -0.450. The number of methoxy groups -OCH3 is 1. The van der Waals surface area contributed by atoms with Crippen molar-refractivity contribution in [2.75, 3.05) is 20.3 Å². The molecule has 16 heavy (non-hydrogen) atoms. The molecule has 0 atom stereocenters. The molecular formula is C12H22N2OS. The van der Waals surface area contributed by atoms with E-state index in [0.29, 0.717) is 5.92 Å². The van der Waals surface area contributed by atoms with E-state index in [0.717, 1.165) is 32.5 Å². The Balaban J connectivity index is 2.19. The van der Waals surface area contributed by atoms with Gasteiger partial charge in [0.1, 0.15) is 0 Å². The third-order valence-electron chi connectivity index (χ3n) is 2.19. The van der Waals surface area contributed by atoms with Crippen molar-refractivity contribution in [2.24, 2.45) is 5.92 Å². The molecule has 0 saturated carbocycles. The van der Waals surface area contributed by atoms with Gasteiger partial charge in [0.15, 0.2) is 0 Å². The summed E-state index contributed by atoms with van der Waals surface area (Å²) >= 11 is 1.82. The minimum absolute atomic E-state index is 0.689. The maximum atomic E-state index is 4.99. The highest BCUT2D eigenvalue weighted by Gasteiger charge is 2.03. The normalized spacial score (nSPS) is 11.2. The van der Waals surface area contributed by atoms with Crippen molar-refractivity contribution in [1.29, 1.82) is 0 Å². The number of aromatic nitrogens is 1. The fourth-order valence-electron chi connectivity index (χ4n) is 1.43. The summed E-state index contributed by atoms with van der Waals surface area (Å²) in [6, 6.07) is 0. The highest BCUT2D eigenvalue weighted by Crippen LogP contribution is 2.16. The van der Waals surface area contributed by atoms with E-state index >= 15 is 0 Å². The molecule has 92 valence electrons. The van der Waals surface area contributed by atoms with Gasteiger partial charge in [-0.15, -0.1) is 11.3 Å². The van der Waals surface area contributed by atoms with Gasteiger partial charge < -0.3 is 10.1 Å². The predicted molar refractivity (Wildman–Crippen MR) is 68.9 cm³/mol. The summed E-state index contributed by atoms with van der Waals surface area (Å²) in [7, 11) is 1.74. The second-order valence-electron chi connectivity index (χ2n) is 4.34. The summed E-state index contributed by atoms with van der Waals surface area (Å²) in [4.78, 5) is 5.75. The summed E-state index contributed by atoms with van der Waals surface area (Å²) in [6.45, 7) is 7.22. The van der Waals surface area contributed by atoms with Crippen molar-refractivity contribution in [2.45, 2.75) is 33.2 Å². The minimum atomic E-state index is 0.689. The molecular weight excluding hydrogens is 220 g/mol. The van der Waals surface area contributed by atoms with Crippen LogP contribution in [-0.2, 0) is 17.7 Å². The van der Waals surface area contributed by atoms with E-state index in [9.17, 15) is 0 Å². The molecule has 0 aliphatic carbocycles. The molecule has 0 aromatic carbocycles. The molecule has 0 amide bonds. The standard InChI is InChI=1S/C12H22N2OS/c1-10(2)7-12-14-9-11(16-12)8-13-5-4-6-15-3/h9-10,13H,4-8H2,1-3H3. The molecule has 1 aromatic rings. The van der Waals surface area contributed by atoms with Gasteiger partial charge in [-0.25, -0.2) is 4.98 Å². The van der Waals surface area contributed by atoms with Crippen molar-refractivity contribution in [1.82, 2.24) is 10.3 Å². The highest BCUT2D eigenvalue weighted by molar-refractivity contribution is 7.11. The van der Waals surface area contributed by atoms with Gasteiger partial charge in [-0.3, -0.25) is 0 Å². The van der Waals surface area contributed by atoms with E-state index in [1.807, 2.05) is 17.5 Å². The second-order valence-corrected chi connectivity index (χ2v) is 5.54. The van der Waals surface area contributed by atoms with Gasteiger partial charge in [0.05, 0.1) is 5.01 Å². The van der Waals surface area contributed by atoms with E-state index in [2.05, 4.69) is 24.1 Å². The van der Waals surface area contributed by atoms with Gasteiger partial charge in [0.25, 0.3) is 0 Å². The Kier molecular flexibility index (Phi) is 6.61. The first-order chi connectivity index (χ1) is 7.72. The fourth-order valence-corrected chi connectivity index (χ4v) is 2.53. The Morgan fingerprint density at radius 1 is 1.50 bits per heavy atom. The van der Waals surface area contributed by atoms with Crippen molar-refractivity contribution in [3.05, 3.63) is 16.1 Å². The van der Waals surface area contributed by atoms with Crippen LogP contribution in [0.4, 0.5) is 0 Å². The molecule has 0 unspecified atom stereocenters. The first-order valence-electron chi connectivity index (χ1n) is 5.85. The molecule has 4 heteroatoms. The zero-order chi connectivity index (χ0) is 11.8. The third-order valence-corrected chi connectivity index (χ3v) is 3.21. The molecule has 1 heterocycles. The predicted octanol–water partition coefficient (Wildman–Crippen LogP) is 2.47. The van der Waals surface area contributed by atoms with Gasteiger partial charge in [0.2, 0.25) is 0 Å². The lowest BCUT2D eigenvalue weighted by atomic mass is 10.1. The SMILES string of the molecule is COCCCNCc1cnc(CC(C)C)s1. The van der Waals surface area contributed by atoms with Crippen LogP contribution in [0.3, 0.4) is 0 Å². The average Bonchev–Trinajstić information content (AvgIpc) is 2.64. The summed E-state index contributed by atoms with van der Waals surface area (Å²) in [6.07, 6.45) is 4.15. The lowest BCUT2D eigenvalue weighted by molar-refractivity contribution is 0.194. The van der Waals surface area contributed by atoms with Crippen LogP contribution in [0.15, 0.2) is 6.20 Å². The quantitative estimate of drug-likeness (QED) is 0.711. The third kappa shape index (κ3) is 5.58. The van der Waals surface area contributed by atoms with Crippen molar-refractivity contribution in [3.8, 4) is 0 Å². The molecule has 1 N–H and O–H groups in total. The number of hydrogen-bond donors (Lipinski definition) is 1. The Morgan fingerprint density at radius 3 is 3.00 bits per heavy atom. The zero-order valence-corrected chi connectivity index (χ0v) is 11.3. The smallest absolute Gasteiger partial charge is 0.0930 e. The molecule has 0 radical (unpaired) electrons. The topological polar surface area (TPSA) is 34.1 Å². The summed E-state index contributed by atoms with van der Waals surface area (Å²) < 4.78 is 4.99. The van der Waals surface area contributed by atoms with E-state index in [4.69, 9.17) is 4.74 Å². The van der Waals surface area contributed by atoms with Crippen LogP contribution in [0.5, 0.6) is 0 Å². The largest absolute Gasteiger partial charge is 0.385 e. The first kappa shape index (κ1) is 13.6. The second kappa shape index (κ2) is 7.76. The molecule has 0 bridgehead atoms. The lowest BCUT2D eigenvalue weighted by Gasteiger charge is -2.01. The van der Waals surface area contributed by atoms with Crippen molar-refractivity contribution in [3.63, 3.8) is 0 Å². The number of nitrogens with zero attached hydrogens (tertiary/aromatic N) is 1. The number of nitrogens with one attached hydrogen (secondary N) is 1. The Morgan fingerprint density at radius 2 is 2.31 bits per heavy atom. The van der Waals surface area contributed by atoms with E-state index < -0.39 is 0 Å². The molecule has 0 fully saturated rings. The maximum Gasteiger partial charge on any atom is 0.0930 e. The van der Waals surface area contributed by atoms with Crippen LogP contribution >= 0.6 is 11.3 Å². The number of ether oxygens (including phenoxy) is 1. The molecule has 0 aliphatic rings. The van der Waals surface area contributed by atoms with E-state index in [1.165, 1.54) is 9.88 Å². The van der Waals surface area contributed by atoms with Gasteiger partial charge in [-0.2, -0.15) is 0 Å². The molecule has 0 saturated heterocycles. The lowest BCUT2D eigenvalue weighted by Crippen LogP contribution is -2.15. The van der Waals surface area contributed by atoms with Crippen LogP contribution in [0.25, 0.3) is 0 Å². The van der Waals surface area contributed by atoms with E-state index in [-0.39, 0.29) is 0 Å². The fraction of sp³-hybridized carbons (Fsp3) is 0.750. The number of hydrogen-bond acceptors (Lipinski definition) is 4. The van der Waals surface area contributed by atoms with Crippen molar-refractivity contribution < 1.29 is 4.74 Å². The molecule has 0 aliphatic heterocycles. The zero-order valence-electron chi connectivity index (χ0n) is 10.5. The summed E-state index contributed by atoms with van der Waals surface area (Å²) in [5.74, 6) is 0.689. The monoisotopic (exact) mass is 242 g/mol. The maximum absolute atomic E-state index is 4.99. The van der Waals surface area contributed by atoms with Gasteiger partial charge >= 0.3 is 0 Å². The Bertz CT molecular complexity index is 286. The van der Waals surface area contributed by atoms with Gasteiger partial charge in [0, 0.05) is 37.8 Å². The van der Waals surface area contributed by atoms with Crippen LogP contribution in [0.1, 0.15) is 30.2 Å². The number of rotatable bonds is 8. The minimum Gasteiger partial charge on any atom is -0.385 e. The van der Waals surface area contributed by atoms with Crippen LogP contribution in [0.2, 0.25) is 0 Å². The molecule has 3 nitrogen and oxygen atoms in total. The van der Waals surface area contributed by atoms with Crippen LogP contribution < -0.4 is 5.32 Å². The highest BCUT2D eigenvalue weighted by atomic mass is 32.1. The first-order valence-corrected chi connectivity index (χ1v) is 6.67. The van der Waals surface area contributed by atoms with Crippen LogP contribution in [-0.4, -0.2) is 25.2 Å². The number of thiazole rings is 1. The van der Waals surface area contributed by atoms with Crippen molar-refractivity contribution >= 4 is 11.3 Å². The molecule has 1 aromatic heterocycles. The molecule has 0 spiro atoms. The van der Waals surface area contributed by atoms with Gasteiger partial charge in [-0.1, -0.05) is 13.8 Å². The van der Waals surface area contributed by atoms with Gasteiger partial charge in [-0.05, 0) is 18.9 Å². The summed E-state index contributed by atoms with van der Waals surface area (Å²) in [5, 5.41) is 4.65. The Labute approximate surface area is 102 Å². The van der Waals surface area contributed by atoms with Crippen LogP contribution in [0, 0.1) is 5.92 Å². The summed E-state index contributed by atoms with van der Waals surface area (Å²) in [5.41, 5.74) is 0. The van der Waals surface area contributed by atoms with E-state index in [1.54, 1.807) is 7.11 Å².